The molecule has 3 N–H and O–H groups in total. The van der Waals surface area contributed by atoms with Crippen LogP contribution in [0.15, 0.2) is 28.8 Å². The lowest BCUT2D eigenvalue weighted by Gasteiger charge is -2.33. The van der Waals surface area contributed by atoms with Gasteiger partial charge in [0.25, 0.3) is 0 Å². The van der Waals surface area contributed by atoms with Gasteiger partial charge in [0.2, 0.25) is 11.8 Å². The van der Waals surface area contributed by atoms with E-state index in [2.05, 4.69) is 25.3 Å². The Labute approximate surface area is 175 Å². The molecule has 1 saturated heterocycles. The number of nitrogens with two attached hydrogens (primary N) is 1. The van der Waals surface area contributed by atoms with Gasteiger partial charge < -0.3 is 15.6 Å². The molecule has 0 bridgehead atoms. The van der Waals surface area contributed by atoms with Gasteiger partial charge in [-0.2, -0.15) is 4.98 Å². The zero-order valence-corrected chi connectivity index (χ0v) is 17.0. The molecule has 0 spiro atoms. The highest BCUT2D eigenvalue weighted by Crippen LogP contribution is 2.20. The second-order valence-electron chi connectivity index (χ2n) is 5.89. The lowest BCUT2D eigenvalue weighted by molar-refractivity contribution is -0.117. The van der Waals surface area contributed by atoms with E-state index in [-0.39, 0.29) is 37.3 Å². The van der Waals surface area contributed by atoms with Crippen molar-refractivity contribution in [2.24, 2.45) is 5.73 Å². The van der Waals surface area contributed by atoms with Gasteiger partial charge in [0.1, 0.15) is 0 Å². The molecule has 1 aromatic heterocycles. The van der Waals surface area contributed by atoms with Crippen molar-refractivity contribution in [3.8, 4) is 0 Å². The van der Waals surface area contributed by atoms with Gasteiger partial charge in [0, 0.05) is 26.2 Å². The smallest absolute Gasteiger partial charge is 0.240 e. The molecule has 1 aromatic carbocycles. The number of piperazine rings is 1. The summed E-state index contributed by atoms with van der Waals surface area (Å²) in [6, 6.07) is 7.22. The van der Waals surface area contributed by atoms with Gasteiger partial charge in [-0.1, -0.05) is 28.9 Å². The van der Waals surface area contributed by atoms with Crippen LogP contribution in [-0.2, 0) is 17.9 Å². The zero-order chi connectivity index (χ0) is 17.6. The molecule has 0 radical (unpaired) electrons. The molecular formula is C16H23Cl3N6O2. The fraction of sp³-hybridized carbons (Fsp3) is 0.438. The van der Waals surface area contributed by atoms with Crippen LogP contribution in [0.5, 0.6) is 0 Å². The Balaban J connectivity index is 0.00000182. The maximum Gasteiger partial charge on any atom is 0.240 e. The Hall–Kier alpha value is -1.42. The molecule has 8 nitrogen and oxygen atoms in total. The van der Waals surface area contributed by atoms with Gasteiger partial charge in [-0.15, -0.1) is 24.8 Å². The normalized spacial score (nSPS) is 14.9. The predicted molar refractivity (Wildman–Crippen MR) is 108 cm³/mol. The Morgan fingerprint density at radius 1 is 1.19 bits per heavy atom. The number of anilines is 1. The molecule has 11 heteroatoms. The van der Waals surface area contributed by atoms with Gasteiger partial charge in [0.05, 0.1) is 30.3 Å². The summed E-state index contributed by atoms with van der Waals surface area (Å²) in [6.45, 7) is 4.51. The minimum atomic E-state index is -0.0627. The molecule has 1 fully saturated rings. The van der Waals surface area contributed by atoms with Crippen molar-refractivity contribution in [1.29, 1.82) is 0 Å². The first-order valence-electron chi connectivity index (χ1n) is 8.14. The third kappa shape index (κ3) is 6.91. The second-order valence-corrected chi connectivity index (χ2v) is 6.30. The summed E-state index contributed by atoms with van der Waals surface area (Å²) in [5.74, 6) is 1.03. The van der Waals surface area contributed by atoms with E-state index < -0.39 is 0 Å². The monoisotopic (exact) mass is 436 g/mol. The maximum atomic E-state index is 12.2. The highest BCUT2D eigenvalue weighted by atomic mass is 35.5. The lowest BCUT2D eigenvalue weighted by atomic mass is 10.3. The molecule has 0 unspecified atom stereocenters. The average Bonchev–Trinajstić information content (AvgIpc) is 3.06. The van der Waals surface area contributed by atoms with Crippen molar-refractivity contribution in [3.63, 3.8) is 0 Å². The van der Waals surface area contributed by atoms with Gasteiger partial charge in [-0.25, -0.2) is 0 Å². The van der Waals surface area contributed by atoms with Crippen LogP contribution in [0.3, 0.4) is 0 Å². The van der Waals surface area contributed by atoms with Crippen molar-refractivity contribution in [2.75, 3.05) is 38.0 Å². The van der Waals surface area contributed by atoms with Crippen molar-refractivity contribution >= 4 is 48.0 Å². The molecule has 1 aliphatic rings. The summed E-state index contributed by atoms with van der Waals surface area (Å²) in [6.07, 6.45) is 0. The average molecular weight is 438 g/mol. The van der Waals surface area contributed by atoms with Crippen LogP contribution >= 0.6 is 36.4 Å². The topological polar surface area (TPSA) is 101 Å². The third-order valence-electron chi connectivity index (χ3n) is 4.03. The van der Waals surface area contributed by atoms with Crippen LogP contribution in [0.25, 0.3) is 0 Å². The zero-order valence-electron chi connectivity index (χ0n) is 14.6. The van der Waals surface area contributed by atoms with Crippen molar-refractivity contribution in [2.45, 2.75) is 13.1 Å². The number of halogens is 3. The molecular weight excluding hydrogens is 415 g/mol. The summed E-state index contributed by atoms with van der Waals surface area (Å²) in [7, 11) is 0. The fourth-order valence-corrected chi connectivity index (χ4v) is 2.88. The van der Waals surface area contributed by atoms with E-state index in [0.717, 1.165) is 26.2 Å². The first-order chi connectivity index (χ1) is 12.1. The number of aromatic nitrogens is 2. The molecule has 27 heavy (non-hydrogen) atoms. The highest BCUT2D eigenvalue weighted by Gasteiger charge is 2.20. The lowest BCUT2D eigenvalue weighted by Crippen LogP contribution is -2.48. The number of nitrogens with zero attached hydrogens (tertiary/aromatic N) is 4. The quantitative estimate of drug-likeness (QED) is 0.710. The van der Waals surface area contributed by atoms with Crippen LogP contribution < -0.4 is 11.1 Å². The van der Waals surface area contributed by atoms with Crippen molar-refractivity contribution in [1.82, 2.24) is 19.9 Å². The molecule has 1 amide bonds. The maximum absolute atomic E-state index is 12.2. The highest BCUT2D eigenvalue weighted by molar-refractivity contribution is 6.33. The Morgan fingerprint density at radius 2 is 1.85 bits per heavy atom. The van der Waals surface area contributed by atoms with E-state index in [1.807, 2.05) is 12.1 Å². The SMILES string of the molecule is Cl.Cl.NCc1nc(CN2CCN(CC(=O)Nc3ccccc3Cl)CC2)no1. The number of amides is 1. The molecule has 2 aromatic rings. The van der Waals surface area contributed by atoms with E-state index in [1.165, 1.54) is 0 Å². The number of benzene rings is 1. The van der Waals surface area contributed by atoms with Crippen LogP contribution in [0.2, 0.25) is 5.02 Å². The molecule has 3 rings (SSSR count). The molecule has 0 aliphatic carbocycles. The number of carbonyl (C=O) groups is 1. The van der Waals surface area contributed by atoms with E-state index in [1.54, 1.807) is 12.1 Å². The van der Waals surface area contributed by atoms with E-state index in [9.17, 15) is 4.79 Å². The summed E-state index contributed by atoms with van der Waals surface area (Å²) in [5, 5.41) is 7.29. The molecule has 150 valence electrons. The van der Waals surface area contributed by atoms with E-state index >= 15 is 0 Å². The number of rotatable bonds is 6. The van der Waals surface area contributed by atoms with Crippen LogP contribution in [0, 0.1) is 0 Å². The standard InChI is InChI=1S/C16H21ClN6O2.2ClH/c17-12-3-1-2-4-13(12)19-15(24)11-23-7-5-22(6-8-23)10-14-20-16(9-18)25-21-14;;/h1-4H,5-11,18H2,(H,19,24);2*1H. The second kappa shape index (κ2) is 11.4. The molecule has 2 heterocycles. The third-order valence-corrected chi connectivity index (χ3v) is 4.36. The van der Waals surface area contributed by atoms with Crippen molar-refractivity contribution in [3.05, 3.63) is 41.0 Å². The summed E-state index contributed by atoms with van der Waals surface area (Å²) < 4.78 is 5.01. The first kappa shape index (κ1) is 23.6. The van der Waals surface area contributed by atoms with Gasteiger partial charge >= 0.3 is 0 Å². The first-order valence-corrected chi connectivity index (χ1v) is 8.52. The van der Waals surface area contributed by atoms with E-state index in [4.69, 9.17) is 21.9 Å². The minimum absolute atomic E-state index is 0. The van der Waals surface area contributed by atoms with E-state index in [0.29, 0.717) is 35.5 Å². The minimum Gasteiger partial charge on any atom is -0.338 e. The molecule has 1 aliphatic heterocycles. The number of hydrogen-bond acceptors (Lipinski definition) is 7. The number of para-hydroxylation sites is 1. The summed E-state index contributed by atoms with van der Waals surface area (Å²) in [5.41, 5.74) is 6.10. The summed E-state index contributed by atoms with van der Waals surface area (Å²) >= 11 is 6.06. The van der Waals surface area contributed by atoms with Gasteiger partial charge in [-0.05, 0) is 12.1 Å². The number of carbonyl (C=O) groups excluding carboxylic acids is 1. The van der Waals surface area contributed by atoms with Crippen LogP contribution in [0.1, 0.15) is 11.7 Å². The number of hydrogen-bond donors (Lipinski definition) is 2. The van der Waals surface area contributed by atoms with Crippen LogP contribution in [-0.4, -0.2) is 58.6 Å². The van der Waals surface area contributed by atoms with Crippen molar-refractivity contribution < 1.29 is 9.32 Å². The van der Waals surface area contributed by atoms with Crippen LogP contribution in [0.4, 0.5) is 5.69 Å². The summed E-state index contributed by atoms with van der Waals surface area (Å²) in [4.78, 5) is 20.7. The molecule has 0 saturated carbocycles. The number of nitrogens with one attached hydrogen (secondary N) is 1. The predicted octanol–water partition coefficient (Wildman–Crippen LogP) is 1.78. The largest absolute Gasteiger partial charge is 0.338 e. The molecule has 0 atom stereocenters. The Bertz CT molecular complexity index is 722. The fourth-order valence-electron chi connectivity index (χ4n) is 2.70. The Morgan fingerprint density at radius 3 is 2.48 bits per heavy atom. The Kier molecular flexibility index (Phi) is 10.00. The van der Waals surface area contributed by atoms with Gasteiger partial charge in [0.15, 0.2) is 5.82 Å². The van der Waals surface area contributed by atoms with Gasteiger partial charge in [-0.3, -0.25) is 14.6 Å².